The maximum atomic E-state index is 8.55. The predicted octanol–water partition coefficient (Wildman–Crippen LogP) is -0.529. The monoisotopic (exact) mass is 153 g/mol. The van der Waals surface area contributed by atoms with E-state index in [0.717, 1.165) is 19.4 Å². The average Bonchev–Trinajstić information content (AvgIpc) is 2.12. The van der Waals surface area contributed by atoms with Crippen molar-refractivity contribution in [3.05, 3.63) is 0 Å². The van der Waals surface area contributed by atoms with Gasteiger partial charge in [0.05, 0.1) is 6.04 Å². The molecule has 0 bridgehead atoms. The van der Waals surface area contributed by atoms with Crippen molar-refractivity contribution in [3.8, 4) is 0 Å². The second-order valence-electron chi connectivity index (χ2n) is 2.12. The van der Waals surface area contributed by atoms with E-state index in [4.69, 9.17) is 10.2 Å². The summed E-state index contributed by atoms with van der Waals surface area (Å²) in [5, 5.41) is 20.0. The van der Waals surface area contributed by atoms with Crippen molar-refractivity contribution in [2.24, 2.45) is 0 Å². The number of hydrogen-bond acceptors (Lipinski definition) is 3. The van der Waals surface area contributed by atoms with Crippen molar-refractivity contribution < 1.29 is 10.2 Å². The van der Waals surface area contributed by atoms with E-state index in [1.54, 1.807) is 0 Å². The molecule has 1 heterocycles. The summed E-state index contributed by atoms with van der Waals surface area (Å²) < 4.78 is 0. The van der Waals surface area contributed by atoms with Gasteiger partial charge in [-0.05, 0) is 19.4 Å². The van der Waals surface area contributed by atoms with Crippen LogP contribution in [0.5, 0.6) is 0 Å². The molecule has 1 fully saturated rings. The average molecular weight is 154 g/mol. The van der Waals surface area contributed by atoms with Crippen LogP contribution in [-0.2, 0) is 0 Å². The molecule has 1 atom stereocenters. The molecule has 1 aliphatic rings. The summed E-state index contributed by atoms with van der Waals surface area (Å²) in [6.45, 7) is 0.919. The summed E-state index contributed by atoms with van der Waals surface area (Å²) in [4.78, 5) is 0. The highest BCUT2D eigenvalue weighted by Crippen LogP contribution is 2.06. The molecular formula is C5H12ClNO2. The number of aliphatic hydroxyl groups is 2. The van der Waals surface area contributed by atoms with E-state index in [1.165, 1.54) is 0 Å². The molecule has 4 heteroatoms. The minimum absolute atomic E-state index is 0. The fourth-order valence-corrected chi connectivity index (χ4v) is 0.966. The molecule has 0 radical (unpaired) electrons. The highest BCUT2D eigenvalue weighted by molar-refractivity contribution is 5.85. The molecule has 0 spiro atoms. The Morgan fingerprint density at radius 3 is 2.33 bits per heavy atom. The number of aliphatic hydroxyl groups excluding tert-OH is 1. The lowest BCUT2D eigenvalue weighted by Crippen LogP contribution is -2.34. The molecule has 1 unspecified atom stereocenters. The van der Waals surface area contributed by atoms with E-state index >= 15 is 0 Å². The van der Waals surface area contributed by atoms with Crippen molar-refractivity contribution in [1.29, 1.82) is 0 Å². The van der Waals surface area contributed by atoms with Gasteiger partial charge in [-0.15, -0.1) is 12.4 Å². The number of rotatable bonds is 1. The lowest BCUT2D eigenvalue weighted by atomic mass is 10.2. The van der Waals surface area contributed by atoms with E-state index in [9.17, 15) is 0 Å². The first-order chi connectivity index (χ1) is 3.80. The van der Waals surface area contributed by atoms with Crippen LogP contribution in [0.1, 0.15) is 12.8 Å². The third-order valence-electron chi connectivity index (χ3n) is 1.46. The summed E-state index contributed by atoms with van der Waals surface area (Å²) in [7, 11) is 0. The second-order valence-corrected chi connectivity index (χ2v) is 2.12. The van der Waals surface area contributed by atoms with E-state index in [1.807, 2.05) is 0 Å². The number of nitrogens with one attached hydrogen (secondary N) is 1. The molecule has 3 nitrogen and oxygen atoms in total. The molecule has 0 saturated carbocycles. The molecule has 0 aromatic carbocycles. The summed E-state index contributed by atoms with van der Waals surface area (Å²) in [5.74, 6) is 0. The van der Waals surface area contributed by atoms with Crippen molar-refractivity contribution in [1.82, 2.24) is 5.32 Å². The molecule has 0 aromatic rings. The first-order valence-corrected chi connectivity index (χ1v) is 2.90. The Balaban J connectivity index is 0.000000640. The van der Waals surface area contributed by atoms with Gasteiger partial charge in [0.2, 0.25) is 0 Å². The molecule has 0 amide bonds. The lowest BCUT2D eigenvalue weighted by Gasteiger charge is -2.10. The summed E-state index contributed by atoms with van der Waals surface area (Å²) >= 11 is 0. The van der Waals surface area contributed by atoms with Gasteiger partial charge in [-0.1, -0.05) is 0 Å². The van der Waals surface area contributed by atoms with Gasteiger partial charge >= 0.3 is 0 Å². The Labute approximate surface area is 60.5 Å². The van der Waals surface area contributed by atoms with Crippen molar-refractivity contribution >= 4 is 12.4 Å². The van der Waals surface area contributed by atoms with Gasteiger partial charge in [-0.3, -0.25) is 0 Å². The predicted molar refractivity (Wildman–Crippen MR) is 36.5 cm³/mol. The van der Waals surface area contributed by atoms with Crippen LogP contribution in [0.4, 0.5) is 0 Å². The van der Waals surface area contributed by atoms with Crippen molar-refractivity contribution in [3.63, 3.8) is 0 Å². The molecule has 1 saturated heterocycles. The van der Waals surface area contributed by atoms with E-state index in [2.05, 4.69) is 5.32 Å². The van der Waals surface area contributed by atoms with Gasteiger partial charge in [0.25, 0.3) is 0 Å². The molecule has 1 aliphatic heterocycles. The van der Waals surface area contributed by atoms with Gasteiger partial charge in [0.1, 0.15) is 0 Å². The second kappa shape index (κ2) is 4.06. The maximum absolute atomic E-state index is 8.55. The largest absolute Gasteiger partial charge is 0.367 e. The van der Waals surface area contributed by atoms with E-state index in [-0.39, 0.29) is 18.4 Å². The quantitative estimate of drug-likeness (QED) is 0.444. The maximum Gasteiger partial charge on any atom is 0.167 e. The Morgan fingerprint density at radius 2 is 2.11 bits per heavy atom. The zero-order valence-corrected chi connectivity index (χ0v) is 5.90. The summed E-state index contributed by atoms with van der Waals surface area (Å²) in [6.07, 6.45) is 0.775. The third kappa shape index (κ3) is 2.49. The summed E-state index contributed by atoms with van der Waals surface area (Å²) in [5.41, 5.74) is 0. The summed E-state index contributed by atoms with van der Waals surface area (Å²) in [6, 6.07) is -0.0741. The van der Waals surface area contributed by atoms with Gasteiger partial charge in [0.15, 0.2) is 6.29 Å². The van der Waals surface area contributed by atoms with E-state index in [0.29, 0.717) is 0 Å². The topological polar surface area (TPSA) is 52.5 Å². The minimum Gasteiger partial charge on any atom is -0.367 e. The van der Waals surface area contributed by atoms with Crippen LogP contribution in [0.3, 0.4) is 0 Å². The van der Waals surface area contributed by atoms with Gasteiger partial charge in [0, 0.05) is 0 Å². The van der Waals surface area contributed by atoms with Gasteiger partial charge in [-0.2, -0.15) is 0 Å². The minimum atomic E-state index is -1.17. The zero-order chi connectivity index (χ0) is 5.98. The van der Waals surface area contributed by atoms with Crippen LogP contribution in [0.2, 0.25) is 0 Å². The van der Waals surface area contributed by atoms with Crippen LogP contribution in [0.15, 0.2) is 0 Å². The first kappa shape index (κ1) is 9.17. The highest BCUT2D eigenvalue weighted by atomic mass is 35.5. The Kier molecular flexibility index (Phi) is 4.14. The third-order valence-corrected chi connectivity index (χ3v) is 1.46. The van der Waals surface area contributed by atoms with Crippen LogP contribution in [0, 0.1) is 0 Å². The van der Waals surface area contributed by atoms with Crippen LogP contribution >= 0.6 is 12.4 Å². The Hall–Kier alpha value is 0.170. The van der Waals surface area contributed by atoms with Crippen LogP contribution in [0.25, 0.3) is 0 Å². The lowest BCUT2D eigenvalue weighted by molar-refractivity contribution is -0.0624. The SMILES string of the molecule is Cl.OC(O)C1CCCN1. The number of hydrogen-bond donors (Lipinski definition) is 3. The van der Waals surface area contributed by atoms with Gasteiger partial charge in [-0.25, -0.2) is 0 Å². The standard InChI is InChI=1S/C5H11NO2.ClH/c7-5(8)4-2-1-3-6-4;/h4-8H,1-3H2;1H. The van der Waals surface area contributed by atoms with Crippen molar-refractivity contribution in [2.75, 3.05) is 6.54 Å². The molecule has 0 aliphatic carbocycles. The normalized spacial score (nSPS) is 26.3. The fourth-order valence-electron chi connectivity index (χ4n) is 0.966. The Morgan fingerprint density at radius 1 is 1.44 bits per heavy atom. The molecule has 0 aromatic heterocycles. The molecule has 3 N–H and O–H groups in total. The van der Waals surface area contributed by atoms with E-state index < -0.39 is 6.29 Å². The molecular weight excluding hydrogens is 142 g/mol. The van der Waals surface area contributed by atoms with Gasteiger partial charge < -0.3 is 15.5 Å². The molecule has 1 rings (SSSR count). The number of halogens is 1. The first-order valence-electron chi connectivity index (χ1n) is 2.90. The molecule has 56 valence electrons. The Bertz CT molecular complexity index is 73.4. The highest BCUT2D eigenvalue weighted by Gasteiger charge is 2.19. The van der Waals surface area contributed by atoms with Crippen LogP contribution in [-0.4, -0.2) is 29.1 Å². The van der Waals surface area contributed by atoms with Crippen molar-refractivity contribution in [2.45, 2.75) is 25.2 Å². The van der Waals surface area contributed by atoms with Crippen LogP contribution < -0.4 is 5.32 Å². The molecule has 9 heavy (non-hydrogen) atoms. The zero-order valence-electron chi connectivity index (χ0n) is 5.08. The fraction of sp³-hybridized carbons (Fsp3) is 1.00. The smallest absolute Gasteiger partial charge is 0.167 e.